The molecule has 0 aliphatic carbocycles. The molecule has 1 heterocycles. The molecule has 0 saturated carbocycles. The van der Waals surface area contributed by atoms with Gasteiger partial charge in [-0.3, -0.25) is 9.69 Å². The predicted octanol–water partition coefficient (Wildman–Crippen LogP) is 4.73. The number of carbonyl (C=O) groups is 1. The van der Waals surface area contributed by atoms with Crippen LogP contribution in [0.4, 0.5) is 0 Å². The third-order valence-electron chi connectivity index (χ3n) is 4.81. The quantitative estimate of drug-likeness (QED) is 0.430. The van der Waals surface area contributed by atoms with Gasteiger partial charge in [-0.15, -0.1) is 5.10 Å². The van der Waals surface area contributed by atoms with Gasteiger partial charge in [0.25, 0.3) is 0 Å². The first-order valence-electron chi connectivity index (χ1n) is 10.0. The van der Waals surface area contributed by atoms with Gasteiger partial charge in [0.1, 0.15) is 11.5 Å². The van der Waals surface area contributed by atoms with E-state index in [9.17, 15) is 4.79 Å². The maximum Gasteiger partial charge on any atom is 0.242 e. The second-order valence-electron chi connectivity index (χ2n) is 6.92. The summed E-state index contributed by atoms with van der Waals surface area (Å²) in [4.78, 5) is 14.7. The van der Waals surface area contributed by atoms with Crippen LogP contribution in [0.15, 0.2) is 58.7 Å². The minimum atomic E-state index is -0.0989. The van der Waals surface area contributed by atoms with E-state index in [4.69, 9.17) is 9.47 Å². The van der Waals surface area contributed by atoms with Gasteiger partial charge < -0.3 is 9.47 Å². The molecule has 7 heteroatoms. The molecule has 0 aromatic heterocycles. The van der Waals surface area contributed by atoms with Crippen LogP contribution in [-0.2, 0) is 11.3 Å². The number of rotatable bonds is 9. The molecule has 2 aromatic rings. The molecule has 6 nitrogen and oxygen atoms in total. The number of nitrogens with zero attached hydrogens (tertiary/aromatic N) is 3. The Bertz CT molecular complexity index is 895. The van der Waals surface area contributed by atoms with Crippen molar-refractivity contribution in [2.45, 2.75) is 38.0 Å². The van der Waals surface area contributed by atoms with Gasteiger partial charge in [0.2, 0.25) is 5.91 Å². The molecular formula is C23H27N3O3S. The summed E-state index contributed by atoms with van der Waals surface area (Å²) in [5, 5.41) is 9.16. The highest BCUT2D eigenvalue weighted by atomic mass is 32.2. The number of thioether (sulfide) groups is 1. The van der Waals surface area contributed by atoms with Crippen LogP contribution in [-0.4, -0.2) is 41.7 Å². The summed E-state index contributed by atoms with van der Waals surface area (Å²) in [6.45, 7) is 2.60. The van der Waals surface area contributed by atoms with Gasteiger partial charge in [-0.05, 0) is 53.9 Å². The molecule has 2 aromatic carbocycles. The Morgan fingerprint density at radius 1 is 1.03 bits per heavy atom. The van der Waals surface area contributed by atoms with Gasteiger partial charge in [-0.25, -0.2) is 0 Å². The average Bonchev–Trinajstić information content (AvgIpc) is 3.07. The first kappa shape index (κ1) is 21.9. The molecule has 0 radical (unpaired) electrons. The third-order valence-corrected chi connectivity index (χ3v) is 6.04. The van der Waals surface area contributed by atoms with Crippen LogP contribution >= 0.6 is 11.8 Å². The molecule has 1 saturated heterocycles. The summed E-state index contributed by atoms with van der Waals surface area (Å²) in [7, 11) is 3.27. The molecule has 1 aliphatic heterocycles. The Labute approximate surface area is 182 Å². The molecule has 1 aliphatic rings. The lowest BCUT2D eigenvalue weighted by Crippen LogP contribution is -2.31. The second kappa shape index (κ2) is 10.8. The predicted molar refractivity (Wildman–Crippen MR) is 122 cm³/mol. The number of amidine groups is 1. The number of hydrogen-bond donors (Lipinski definition) is 0. The SMILES string of the molecule is CCCC[C@@H]1S/C(=N\N=C/c2ccc(OC)cc2)N(Cc2ccc(OC)cc2)C1=O. The fourth-order valence-corrected chi connectivity index (χ4v) is 4.20. The highest BCUT2D eigenvalue weighted by molar-refractivity contribution is 8.15. The zero-order valence-electron chi connectivity index (χ0n) is 17.6. The van der Waals surface area contributed by atoms with Gasteiger partial charge in [-0.1, -0.05) is 43.7 Å². The van der Waals surface area contributed by atoms with Crippen molar-refractivity contribution in [3.05, 3.63) is 59.7 Å². The molecule has 1 atom stereocenters. The average molecular weight is 426 g/mol. The van der Waals surface area contributed by atoms with E-state index >= 15 is 0 Å². The van der Waals surface area contributed by atoms with Crippen LogP contribution < -0.4 is 9.47 Å². The van der Waals surface area contributed by atoms with Crippen molar-refractivity contribution < 1.29 is 14.3 Å². The van der Waals surface area contributed by atoms with Gasteiger partial charge in [0.05, 0.1) is 32.2 Å². The fraction of sp³-hybridized carbons (Fsp3) is 0.348. The van der Waals surface area contributed by atoms with Crippen LogP contribution in [0.1, 0.15) is 37.3 Å². The molecule has 0 bridgehead atoms. The van der Waals surface area contributed by atoms with Crippen molar-refractivity contribution in [2.75, 3.05) is 14.2 Å². The van der Waals surface area contributed by atoms with E-state index in [1.165, 1.54) is 11.8 Å². The summed E-state index contributed by atoms with van der Waals surface area (Å²) in [5.41, 5.74) is 1.94. The van der Waals surface area contributed by atoms with Crippen LogP contribution in [0, 0.1) is 0 Å². The molecule has 1 fully saturated rings. The van der Waals surface area contributed by atoms with Gasteiger partial charge in [-0.2, -0.15) is 5.10 Å². The Morgan fingerprint density at radius 3 is 2.27 bits per heavy atom. The van der Waals surface area contributed by atoms with E-state index in [0.29, 0.717) is 11.7 Å². The number of methoxy groups -OCH3 is 2. The number of benzene rings is 2. The van der Waals surface area contributed by atoms with Gasteiger partial charge in [0, 0.05) is 0 Å². The summed E-state index contributed by atoms with van der Waals surface area (Å²) >= 11 is 1.50. The standard InChI is InChI=1S/C23H27N3O3S/c1-4-5-6-21-22(27)26(16-18-9-13-20(29-3)14-10-18)23(30-21)25-24-15-17-7-11-19(28-2)12-8-17/h7-15,21H,4-6,16H2,1-3H3/b24-15-,25-23-/t21-/m0/s1. The monoisotopic (exact) mass is 425 g/mol. The molecule has 3 rings (SSSR count). The van der Waals surface area contributed by atoms with Crippen LogP contribution in [0.25, 0.3) is 0 Å². The number of ether oxygens (including phenoxy) is 2. The molecule has 158 valence electrons. The molecule has 0 N–H and O–H groups in total. The third kappa shape index (κ3) is 5.63. The maximum atomic E-state index is 13.0. The second-order valence-corrected chi connectivity index (χ2v) is 8.09. The number of carbonyl (C=O) groups excluding carboxylic acids is 1. The number of unbranched alkanes of at least 4 members (excludes halogenated alkanes) is 1. The van der Waals surface area contributed by atoms with Crippen molar-refractivity contribution in [1.82, 2.24) is 4.90 Å². The van der Waals surface area contributed by atoms with Gasteiger partial charge in [0.15, 0.2) is 5.17 Å². The highest BCUT2D eigenvalue weighted by Gasteiger charge is 2.37. The lowest BCUT2D eigenvalue weighted by atomic mass is 10.1. The first-order valence-corrected chi connectivity index (χ1v) is 10.9. The van der Waals surface area contributed by atoms with Crippen molar-refractivity contribution >= 4 is 29.1 Å². The summed E-state index contributed by atoms with van der Waals surface area (Å²) in [6, 6.07) is 15.3. The number of hydrogen-bond acceptors (Lipinski definition) is 6. The maximum absolute atomic E-state index is 13.0. The van der Waals surface area contributed by atoms with Crippen molar-refractivity contribution in [1.29, 1.82) is 0 Å². The molecule has 0 unspecified atom stereocenters. The van der Waals surface area contributed by atoms with Crippen molar-refractivity contribution in [3.8, 4) is 11.5 Å². The Hall–Kier alpha value is -2.80. The lowest BCUT2D eigenvalue weighted by Gasteiger charge is -2.16. The van der Waals surface area contributed by atoms with Crippen molar-refractivity contribution in [2.24, 2.45) is 10.2 Å². The summed E-state index contributed by atoms with van der Waals surface area (Å²) in [6.07, 6.45) is 4.61. The van der Waals surface area contributed by atoms with E-state index in [1.807, 2.05) is 48.5 Å². The van der Waals surface area contributed by atoms with E-state index in [-0.39, 0.29) is 11.2 Å². The summed E-state index contributed by atoms with van der Waals surface area (Å²) < 4.78 is 10.4. The van der Waals surface area contributed by atoms with Crippen LogP contribution in [0.3, 0.4) is 0 Å². The molecule has 1 amide bonds. The Balaban J connectivity index is 1.77. The number of amides is 1. The molecular weight excluding hydrogens is 398 g/mol. The fourth-order valence-electron chi connectivity index (χ4n) is 3.05. The minimum absolute atomic E-state index is 0.0989. The Morgan fingerprint density at radius 2 is 1.67 bits per heavy atom. The van der Waals surface area contributed by atoms with Crippen molar-refractivity contribution in [3.63, 3.8) is 0 Å². The van der Waals surface area contributed by atoms with Crippen LogP contribution in [0.2, 0.25) is 0 Å². The molecule has 30 heavy (non-hydrogen) atoms. The van der Waals surface area contributed by atoms with E-state index in [0.717, 1.165) is 41.9 Å². The summed E-state index contributed by atoms with van der Waals surface area (Å²) in [5.74, 6) is 1.68. The van der Waals surface area contributed by atoms with Crippen LogP contribution in [0.5, 0.6) is 11.5 Å². The first-order chi connectivity index (χ1) is 14.6. The van der Waals surface area contributed by atoms with E-state index in [1.54, 1.807) is 25.3 Å². The zero-order valence-corrected chi connectivity index (χ0v) is 18.4. The lowest BCUT2D eigenvalue weighted by molar-refractivity contribution is -0.126. The smallest absolute Gasteiger partial charge is 0.242 e. The Kier molecular flexibility index (Phi) is 7.90. The minimum Gasteiger partial charge on any atom is -0.497 e. The normalized spacial score (nSPS) is 17.8. The topological polar surface area (TPSA) is 63.5 Å². The molecule has 0 spiro atoms. The highest BCUT2D eigenvalue weighted by Crippen LogP contribution is 2.32. The largest absolute Gasteiger partial charge is 0.497 e. The zero-order chi connectivity index (χ0) is 21.3. The van der Waals surface area contributed by atoms with Gasteiger partial charge >= 0.3 is 0 Å². The van der Waals surface area contributed by atoms with E-state index in [2.05, 4.69) is 17.1 Å². The van der Waals surface area contributed by atoms with E-state index < -0.39 is 0 Å².